The number of carbonyl (C=O) groups is 1. The van der Waals surface area contributed by atoms with Crippen LogP contribution in [0.15, 0.2) is 72.9 Å². The predicted molar refractivity (Wildman–Crippen MR) is 137 cm³/mol. The van der Waals surface area contributed by atoms with Gasteiger partial charge in [0.15, 0.2) is 0 Å². The van der Waals surface area contributed by atoms with Crippen molar-refractivity contribution in [2.75, 3.05) is 17.2 Å². The Morgan fingerprint density at radius 3 is 2.94 bits per heavy atom. The average molecular weight is 449 g/mol. The van der Waals surface area contributed by atoms with E-state index < -0.39 is 0 Å². The average Bonchev–Trinajstić information content (AvgIpc) is 3.23. The zero-order chi connectivity index (χ0) is 23.1. The number of pyridine rings is 1. The Hall–Kier alpha value is -3.70. The van der Waals surface area contributed by atoms with Crippen LogP contribution in [0.5, 0.6) is 0 Å². The summed E-state index contributed by atoms with van der Waals surface area (Å²) < 4.78 is 0. The van der Waals surface area contributed by atoms with Gasteiger partial charge in [-0.1, -0.05) is 36.4 Å². The summed E-state index contributed by atoms with van der Waals surface area (Å²) in [5.74, 6) is -0.0311. The third-order valence-electron chi connectivity index (χ3n) is 7.02. The van der Waals surface area contributed by atoms with Crippen LogP contribution in [0, 0.1) is 0 Å². The van der Waals surface area contributed by atoms with E-state index in [0.29, 0.717) is 6.04 Å². The summed E-state index contributed by atoms with van der Waals surface area (Å²) in [7, 11) is 0. The molecule has 5 nitrogen and oxygen atoms in total. The van der Waals surface area contributed by atoms with E-state index in [4.69, 9.17) is 0 Å². The number of nitrogens with zero attached hydrogens (tertiary/aromatic N) is 2. The van der Waals surface area contributed by atoms with Crippen molar-refractivity contribution in [1.29, 1.82) is 0 Å². The van der Waals surface area contributed by atoms with Gasteiger partial charge in [-0.3, -0.25) is 14.7 Å². The maximum atomic E-state index is 13.2. The maximum Gasteiger partial charge on any atom is 0.255 e. The Kier molecular flexibility index (Phi) is 5.27. The first kappa shape index (κ1) is 20.9. The lowest BCUT2D eigenvalue weighted by Gasteiger charge is -2.30. The number of anilines is 2. The molecule has 0 bridgehead atoms. The molecule has 1 atom stereocenters. The summed E-state index contributed by atoms with van der Waals surface area (Å²) >= 11 is 0. The van der Waals surface area contributed by atoms with E-state index in [1.54, 1.807) is 0 Å². The van der Waals surface area contributed by atoms with Crippen LogP contribution in [0.25, 0.3) is 10.9 Å². The fourth-order valence-corrected chi connectivity index (χ4v) is 5.36. The van der Waals surface area contributed by atoms with Gasteiger partial charge in [0.25, 0.3) is 5.91 Å². The second-order valence-corrected chi connectivity index (χ2v) is 9.47. The molecule has 3 heterocycles. The van der Waals surface area contributed by atoms with Gasteiger partial charge in [-0.25, -0.2) is 0 Å². The fourth-order valence-electron chi connectivity index (χ4n) is 5.36. The van der Waals surface area contributed by atoms with E-state index in [1.807, 2.05) is 36.5 Å². The first-order valence-corrected chi connectivity index (χ1v) is 12.0. The van der Waals surface area contributed by atoms with Gasteiger partial charge in [0.2, 0.25) is 0 Å². The molecule has 0 saturated heterocycles. The van der Waals surface area contributed by atoms with E-state index in [9.17, 15) is 4.79 Å². The lowest BCUT2D eigenvalue weighted by Crippen LogP contribution is -2.31. The highest BCUT2D eigenvalue weighted by atomic mass is 16.1. The van der Waals surface area contributed by atoms with Crippen LogP contribution in [-0.4, -0.2) is 28.4 Å². The maximum absolute atomic E-state index is 13.2. The molecule has 6 rings (SSSR count). The van der Waals surface area contributed by atoms with Crippen molar-refractivity contribution in [1.82, 2.24) is 9.88 Å². The highest BCUT2D eigenvalue weighted by molar-refractivity contribution is 6.05. The summed E-state index contributed by atoms with van der Waals surface area (Å²) in [6.07, 6.45) is 3.79. The summed E-state index contributed by atoms with van der Waals surface area (Å²) in [5, 5.41) is 7.81. The molecular weight excluding hydrogens is 420 g/mol. The van der Waals surface area contributed by atoms with Gasteiger partial charge in [-0.05, 0) is 72.4 Å². The van der Waals surface area contributed by atoms with Crippen LogP contribution in [0.2, 0.25) is 0 Å². The zero-order valence-corrected chi connectivity index (χ0v) is 19.3. The Morgan fingerprint density at radius 1 is 1.09 bits per heavy atom. The minimum absolute atomic E-state index is 0.0311. The zero-order valence-electron chi connectivity index (χ0n) is 19.3. The van der Waals surface area contributed by atoms with E-state index in [0.717, 1.165) is 54.9 Å². The molecule has 2 aliphatic heterocycles. The Bertz CT molecular complexity index is 1390. The second kappa shape index (κ2) is 8.58. The van der Waals surface area contributed by atoms with Crippen molar-refractivity contribution in [3.63, 3.8) is 0 Å². The highest BCUT2D eigenvalue weighted by Crippen LogP contribution is 2.30. The minimum Gasteiger partial charge on any atom is -0.382 e. The number of rotatable bonds is 4. The van der Waals surface area contributed by atoms with Crippen LogP contribution < -0.4 is 10.6 Å². The lowest BCUT2D eigenvalue weighted by atomic mass is 9.93. The number of hydrogen-bond acceptors (Lipinski definition) is 4. The number of fused-ring (bicyclic) bond motifs is 3. The normalized spacial score (nSPS) is 17.1. The second-order valence-electron chi connectivity index (χ2n) is 9.47. The van der Waals surface area contributed by atoms with Gasteiger partial charge in [0.1, 0.15) is 0 Å². The summed E-state index contributed by atoms with van der Waals surface area (Å²) in [6, 6.07) is 23.2. The van der Waals surface area contributed by atoms with Crippen LogP contribution >= 0.6 is 0 Å². The van der Waals surface area contributed by atoms with Crippen molar-refractivity contribution >= 4 is 28.2 Å². The summed E-state index contributed by atoms with van der Waals surface area (Å²) in [5.41, 5.74) is 8.79. The molecule has 4 aromatic rings. The highest BCUT2D eigenvalue weighted by Gasteiger charge is 2.23. The number of benzene rings is 3. The molecule has 2 aliphatic rings. The first-order chi connectivity index (χ1) is 16.6. The smallest absolute Gasteiger partial charge is 0.255 e. The van der Waals surface area contributed by atoms with Gasteiger partial charge >= 0.3 is 0 Å². The van der Waals surface area contributed by atoms with Gasteiger partial charge in [-0.2, -0.15) is 0 Å². The summed E-state index contributed by atoms with van der Waals surface area (Å²) in [4.78, 5) is 20.2. The number of carbonyl (C=O) groups excluding carboxylic acids is 1. The standard InChI is InChI=1S/C29H28N4O/c1-19-15-20-9-10-23(16-28(20)31-19)32-29(34)26-7-4-5-21-17-33(14-12-24(21)26)18-22-11-13-30-27-8-3-2-6-25(22)27/h2-11,13,16,19,31H,12,14-15,17-18H2,1H3,(H,32,34). The number of hydrogen-bond donors (Lipinski definition) is 2. The molecule has 0 fully saturated rings. The van der Waals surface area contributed by atoms with Crippen LogP contribution in [0.4, 0.5) is 11.4 Å². The van der Waals surface area contributed by atoms with Crippen molar-refractivity contribution in [3.8, 4) is 0 Å². The van der Waals surface area contributed by atoms with Gasteiger partial charge in [0, 0.05) is 54.2 Å². The number of para-hydroxylation sites is 1. The largest absolute Gasteiger partial charge is 0.382 e. The summed E-state index contributed by atoms with van der Waals surface area (Å²) in [6.45, 7) is 4.82. The molecule has 1 amide bonds. The monoisotopic (exact) mass is 448 g/mol. The molecular formula is C29H28N4O. The molecule has 2 N–H and O–H groups in total. The molecule has 0 saturated carbocycles. The third kappa shape index (κ3) is 3.93. The number of amides is 1. The molecule has 34 heavy (non-hydrogen) atoms. The van der Waals surface area contributed by atoms with Gasteiger partial charge in [-0.15, -0.1) is 0 Å². The third-order valence-corrected chi connectivity index (χ3v) is 7.02. The molecule has 0 radical (unpaired) electrons. The fraction of sp³-hybridized carbons (Fsp3) is 0.241. The quantitative estimate of drug-likeness (QED) is 0.439. The Morgan fingerprint density at radius 2 is 2.00 bits per heavy atom. The van der Waals surface area contributed by atoms with Crippen molar-refractivity contribution < 1.29 is 4.79 Å². The van der Waals surface area contributed by atoms with Crippen molar-refractivity contribution in [3.05, 3.63) is 101 Å². The molecule has 1 aromatic heterocycles. The van der Waals surface area contributed by atoms with E-state index >= 15 is 0 Å². The predicted octanol–water partition coefficient (Wildman–Crippen LogP) is 5.40. The Labute approximate surface area is 199 Å². The molecule has 3 aromatic carbocycles. The number of aromatic nitrogens is 1. The minimum atomic E-state index is -0.0311. The van der Waals surface area contributed by atoms with Crippen LogP contribution in [-0.2, 0) is 25.9 Å². The van der Waals surface area contributed by atoms with Crippen LogP contribution in [0.3, 0.4) is 0 Å². The Balaban J connectivity index is 1.20. The van der Waals surface area contributed by atoms with Gasteiger partial charge in [0.05, 0.1) is 5.52 Å². The van der Waals surface area contributed by atoms with E-state index in [-0.39, 0.29) is 5.91 Å². The molecule has 0 aliphatic carbocycles. The lowest BCUT2D eigenvalue weighted by molar-refractivity contribution is 0.102. The van der Waals surface area contributed by atoms with Crippen molar-refractivity contribution in [2.24, 2.45) is 0 Å². The van der Waals surface area contributed by atoms with Gasteiger partial charge < -0.3 is 10.6 Å². The topological polar surface area (TPSA) is 57.3 Å². The van der Waals surface area contributed by atoms with Crippen LogP contribution in [0.1, 0.15) is 39.5 Å². The number of nitrogens with one attached hydrogen (secondary N) is 2. The van der Waals surface area contributed by atoms with E-state index in [1.165, 1.54) is 27.6 Å². The van der Waals surface area contributed by atoms with E-state index in [2.05, 4.69) is 63.8 Å². The molecule has 0 spiro atoms. The SMILES string of the molecule is CC1Cc2ccc(NC(=O)c3cccc4c3CCN(Cc3ccnc5ccccc35)C4)cc2N1. The molecule has 170 valence electrons. The first-order valence-electron chi connectivity index (χ1n) is 12.0. The molecule has 1 unspecified atom stereocenters. The van der Waals surface area contributed by atoms with Crippen molar-refractivity contribution in [2.45, 2.75) is 38.9 Å². The molecule has 5 heteroatoms.